The van der Waals surface area contributed by atoms with Crippen LogP contribution in [0.4, 0.5) is 0 Å². The van der Waals surface area contributed by atoms with E-state index in [0.29, 0.717) is 18.0 Å². The van der Waals surface area contributed by atoms with Crippen LogP contribution < -0.4 is 5.32 Å². The van der Waals surface area contributed by atoms with Crippen LogP contribution in [0.25, 0.3) is 0 Å². The summed E-state index contributed by atoms with van der Waals surface area (Å²) >= 11 is 5.89. The summed E-state index contributed by atoms with van der Waals surface area (Å²) in [4.78, 5) is 12.1. The van der Waals surface area contributed by atoms with Crippen LogP contribution in [-0.4, -0.2) is 20.9 Å². The maximum absolute atomic E-state index is 12.2. The quantitative estimate of drug-likeness (QED) is 0.847. The highest BCUT2D eigenvalue weighted by Crippen LogP contribution is 2.51. The summed E-state index contributed by atoms with van der Waals surface area (Å²) in [7, 11) is 1.43. The van der Waals surface area contributed by atoms with E-state index in [4.69, 9.17) is 22.3 Å². The van der Waals surface area contributed by atoms with Gasteiger partial charge in [0, 0.05) is 27.8 Å². The Balaban J connectivity index is 2.23. The van der Waals surface area contributed by atoms with E-state index in [0.717, 1.165) is 6.42 Å². The summed E-state index contributed by atoms with van der Waals surface area (Å²) in [5.41, 5.74) is 0.809. The van der Waals surface area contributed by atoms with Gasteiger partial charge in [0.25, 0.3) is 15.0 Å². The van der Waals surface area contributed by atoms with Crippen LogP contribution in [0.15, 0.2) is 17.0 Å². The fraction of sp³-hybridized carbons (Fsp3) is 0.500. The Hall–Kier alpha value is -0.780. The Morgan fingerprint density at radius 3 is 2.48 bits per heavy atom. The minimum Gasteiger partial charge on any atom is -0.352 e. The lowest BCUT2D eigenvalue weighted by atomic mass is 10.1. The first-order valence-electron chi connectivity index (χ1n) is 6.55. The van der Waals surface area contributed by atoms with Crippen LogP contribution in [0.5, 0.6) is 0 Å². The first kappa shape index (κ1) is 16.6. The molecule has 1 aromatic rings. The molecule has 0 aromatic heterocycles. The summed E-state index contributed by atoms with van der Waals surface area (Å²) in [6.45, 7) is 6.40. The van der Waals surface area contributed by atoms with Crippen LogP contribution in [-0.2, 0) is 9.05 Å². The van der Waals surface area contributed by atoms with Gasteiger partial charge in [0.2, 0.25) is 0 Å². The zero-order chi connectivity index (χ0) is 16.0. The molecule has 1 aliphatic carbocycles. The van der Waals surface area contributed by atoms with Crippen molar-refractivity contribution >= 4 is 37.2 Å². The van der Waals surface area contributed by atoms with E-state index in [2.05, 4.69) is 19.2 Å². The van der Waals surface area contributed by atoms with Crippen LogP contribution >= 0.6 is 22.3 Å². The van der Waals surface area contributed by atoms with Crippen molar-refractivity contribution in [2.45, 2.75) is 32.1 Å². The van der Waals surface area contributed by atoms with Gasteiger partial charge in [0.15, 0.2) is 0 Å². The number of hydrogen-bond donors (Lipinski definition) is 1. The Morgan fingerprint density at radius 2 is 2.00 bits per heavy atom. The lowest BCUT2D eigenvalue weighted by Crippen LogP contribution is -2.27. The van der Waals surface area contributed by atoms with Gasteiger partial charge in [-0.25, -0.2) is 8.42 Å². The molecule has 1 aliphatic rings. The molecule has 1 unspecified atom stereocenters. The Kier molecular flexibility index (Phi) is 4.30. The molecule has 0 aliphatic heterocycles. The molecule has 0 radical (unpaired) electrons. The SMILES string of the molecule is Cc1c(C(=O)NCC2CC2(C)C)cc(Cl)cc1S(=O)(=O)Cl. The molecule has 4 nitrogen and oxygen atoms in total. The van der Waals surface area contributed by atoms with Gasteiger partial charge in [-0.15, -0.1) is 0 Å². The van der Waals surface area contributed by atoms with Crippen molar-refractivity contribution in [2.75, 3.05) is 6.54 Å². The van der Waals surface area contributed by atoms with Gasteiger partial charge < -0.3 is 5.32 Å². The number of nitrogens with one attached hydrogen (secondary N) is 1. The molecule has 2 rings (SSSR count). The van der Waals surface area contributed by atoms with E-state index in [9.17, 15) is 13.2 Å². The number of amides is 1. The van der Waals surface area contributed by atoms with Crippen molar-refractivity contribution in [3.63, 3.8) is 0 Å². The maximum atomic E-state index is 12.2. The summed E-state index contributed by atoms with van der Waals surface area (Å²) in [6, 6.07) is 2.70. The normalized spacial score (nSPS) is 20.1. The van der Waals surface area contributed by atoms with Gasteiger partial charge in [-0.2, -0.15) is 0 Å². The maximum Gasteiger partial charge on any atom is 0.261 e. The number of hydrogen-bond acceptors (Lipinski definition) is 3. The van der Waals surface area contributed by atoms with Crippen molar-refractivity contribution < 1.29 is 13.2 Å². The third-order valence-corrected chi connectivity index (χ3v) is 5.73. The molecule has 1 amide bonds. The molecule has 1 N–H and O–H groups in total. The summed E-state index contributed by atoms with van der Waals surface area (Å²) < 4.78 is 23.0. The monoisotopic (exact) mass is 349 g/mol. The van der Waals surface area contributed by atoms with Crippen LogP contribution in [0.2, 0.25) is 5.02 Å². The molecule has 1 fully saturated rings. The predicted octanol–water partition coefficient (Wildman–Crippen LogP) is 3.35. The molecule has 0 heterocycles. The summed E-state index contributed by atoms with van der Waals surface area (Å²) in [5.74, 6) is 0.122. The van der Waals surface area contributed by atoms with E-state index >= 15 is 0 Å². The number of benzene rings is 1. The average molecular weight is 350 g/mol. The van der Waals surface area contributed by atoms with E-state index < -0.39 is 9.05 Å². The molecule has 21 heavy (non-hydrogen) atoms. The fourth-order valence-electron chi connectivity index (χ4n) is 2.38. The lowest BCUT2D eigenvalue weighted by molar-refractivity contribution is 0.0949. The second kappa shape index (κ2) is 5.45. The van der Waals surface area contributed by atoms with Crippen LogP contribution in [0.3, 0.4) is 0 Å². The first-order chi connectivity index (χ1) is 9.52. The molecule has 1 saturated carbocycles. The molecule has 0 spiro atoms. The Bertz CT molecular complexity index is 698. The molecule has 7 heteroatoms. The molecule has 0 saturated heterocycles. The number of carbonyl (C=O) groups excluding carboxylic acids is 1. The average Bonchev–Trinajstić information content (AvgIpc) is 2.95. The third-order valence-electron chi connectivity index (χ3n) is 4.06. The summed E-state index contributed by atoms with van der Waals surface area (Å²) in [6.07, 6.45) is 1.07. The minimum absolute atomic E-state index is 0.131. The van der Waals surface area contributed by atoms with E-state index in [-0.39, 0.29) is 26.8 Å². The van der Waals surface area contributed by atoms with Crippen molar-refractivity contribution in [3.05, 3.63) is 28.3 Å². The zero-order valence-electron chi connectivity index (χ0n) is 12.0. The number of rotatable bonds is 4. The van der Waals surface area contributed by atoms with Gasteiger partial charge in [0.1, 0.15) is 0 Å². The van der Waals surface area contributed by atoms with E-state index in [1.54, 1.807) is 6.92 Å². The predicted molar refractivity (Wildman–Crippen MR) is 83.4 cm³/mol. The Morgan fingerprint density at radius 1 is 1.43 bits per heavy atom. The highest BCUT2D eigenvalue weighted by Gasteiger charge is 2.45. The first-order valence-corrected chi connectivity index (χ1v) is 9.24. The largest absolute Gasteiger partial charge is 0.352 e. The van der Waals surface area contributed by atoms with E-state index in [1.807, 2.05) is 0 Å². The van der Waals surface area contributed by atoms with Gasteiger partial charge in [-0.1, -0.05) is 25.4 Å². The smallest absolute Gasteiger partial charge is 0.261 e. The fourth-order valence-corrected chi connectivity index (χ4v) is 3.89. The second-order valence-electron chi connectivity index (χ2n) is 6.11. The number of carbonyl (C=O) groups is 1. The minimum atomic E-state index is -3.94. The van der Waals surface area contributed by atoms with Gasteiger partial charge in [-0.05, 0) is 42.4 Å². The molecule has 1 atom stereocenters. The topological polar surface area (TPSA) is 63.2 Å². The number of halogens is 2. The standard InChI is InChI=1S/C14H17Cl2NO3S/c1-8-11(4-10(15)5-12(8)21(16,19)20)13(18)17-7-9-6-14(9,2)3/h4-5,9H,6-7H2,1-3H3,(H,17,18). The lowest BCUT2D eigenvalue weighted by Gasteiger charge is -2.11. The van der Waals surface area contributed by atoms with Crippen LogP contribution in [0.1, 0.15) is 36.2 Å². The van der Waals surface area contributed by atoms with Crippen molar-refractivity contribution in [3.8, 4) is 0 Å². The molecule has 0 bridgehead atoms. The molecule has 116 valence electrons. The van der Waals surface area contributed by atoms with Gasteiger partial charge >= 0.3 is 0 Å². The molecule has 1 aromatic carbocycles. The van der Waals surface area contributed by atoms with Gasteiger partial charge in [0.05, 0.1) is 4.90 Å². The van der Waals surface area contributed by atoms with Crippen LogP contribution in [0, 0.1) is 18.3 Å². The molecular formula is C14H17Cl2NO3S. The van der Waals surface area contributed by atoms with Crippen molar-refractivity contribution in [2.24, 2.45) is 11.3 Å². The van der Waals surface area contributed by atoms with E-state index in [1.165, 1.54) is 12.1 Å². The van der Waals surface area contributed by atoms with Crippen molar-refractivity contribution in [1.82, 2.24) is 5.32 Å². The Labute approximate surface area is 134 Å². The summed E-state index contributed by atoms with van der Waals surface area (Å²) in [5, 5.41) is 2.99. The second-order valence-corrected chi connectivity index (χ2v) is 9.08. The zero-order valence-corrected chi connectivity index (χ0v) is 14.4. The highest BCUT2D eigenvalue weighted by atomic mass is 35.7. The molecular weight excluding hydrogens is 333 g/mol. The highest BCUT2D eigenvalue weighted by molar-refractivity contribution is 8.13. The van der Waals surface area contributed by atoms with Crippen molar-refractivity contribution in [1.29, 1.82) is 0 Å². The van der Waals surface area contributed by atoms with Gasteiger partial charge in [-0.3, -0.25) is 4.79 Å². The third kappa shape index (κ3) is 3.71.